The zero-order valence-electron chi connectivity index (χ0n) is 14.7. The van der Waals surface area contributed by atoms with Crippen molar-refractivity contribution in [2.45, 2.75) is 31.8 Å². The first-order chi connectivity index (χ1) is 12.1. The van der Waals surface area contributed by atoms with Crippen LogP contribution in [-0.4, -0.2) is 62.3 Å². The summed E-state index contributed by atoms with van der Waals surface area (Å²) in [5.41, 5.74) is 1.73. The first-order valence-electron chi connectivity index (χ1n) is 8.88. The molecule has 132 valence electrons. The quantitative estimate of drug-likeness (QED) is 0.910. The van der Waals surface area contributed by atoms with Crippen LogP contribution >= 0.6 is 0 Å². The van der Waals surface area contributed by atoms with Gasteiger partial charge in [0.25, 0.3) is 0 Å². The van der Waals surface area contributed by atoms with E-state index in [1.807, 2.05) is 36.2 Å². The number of piperazine rings is 1. The summed E-state index contributed by atoms with van der Waals surface area (Å²) >= 11 is 0. The Morgan fingerprint density at radius 2 is 2.04 bits per heavy atom. The molecule has 25 heavy (non-hydrogen) atoms. The average Bonchev–Trinajstić information content (AvgIpc) is 3.23. The van der Waals surface area contributed by atoms with Crippen LogP contribution < -0.4 is 5.32 Å². The van der Waals surface area contributed by atoms with E-state index in [4.69, 9.17) is 0 Å². The average molecular weight is 340 g/mol. The second-order valence-corrected chi connectivity index (χ2v) is 7.04. The van der Waals surface area contributed by atoms with Gasteiger partial charge in [0, 0.05) is 43.5 Å². The number of carbonyl (C=O) groups is 1. The zero-order chi connectivity index (χ0) is 17.4. The van der Waals surface area contributed by atoms with E-state index in [1.54, 1.807) is 11.0 Å². The molecule has 2 fully saturated rings. The Morgan fingerprint density at radius 3 is 2.76 bits per heavy atom. The molecule has 7 nitrogen and oxygen atoms in total. The van der Waals surface area contributed by atoms with Crippen LogP contribution in [0, 0.1) is 0 Å². The van der Waals surface area contributed by atoms with Crippen LogP contribution in [0.15, 0.2) is 30.6 Å². The maximum Gasteiger partial charge on any atom is 0.322 e. The van der Waals surface area contributed by atoms with Crippen molar-refractivity contribution in [2.24, 2.45) is 7.05 Å². The number of hydrogen-bond acceptors (Lipinski definition) is 4. The largest absolute Gasteiger partial charge is 0.322 e. The zero-order valence-corrected chi connectivity index (χ0v) is 14.7. The van der Waals surface area contributed by atoms with Crippen molar-refractivity contribution in [1.82, 2.24) is 24.6 Å². The standard InChI is InChI=1S/C18H24N6O/c1-13-10-23-9-3-4-16(23)11-24(13)18(25)20-15-7-5-14(6-8-15)17-19-12-22(2)21-17/h5-8,12-13,16H,3-4,9-11H2,1-2H3,(H,20,25)/t13-,16-/m1/s1. The summed E-state index contributed by atoms with van der Waals surface area (Å²) in [7, 11) is 1.84. The van der Waals surface area contributed by atoms with Crippen molar-refractivity contribution in [3.8, 4) is 11.4 Å². The van der Waals surface area contributed by atoms with Gasteiger partial charge in [-0.1, -0.05) is 0 Å². The van der Waals surface area contributed by atoms with E-state index in [0.717, 1.165) is 24.3 Å². The van der Waals surface area contributed by atoms with Gasteiger partial charge in [-0.05, 0) is 50.6 Å². The number of urea groups is 1. The van der Waals surface area contributed by atoms with Gasteiger partial charge in [0.2, 0.25) is 0 Å². The molecule has 1 N–H and O–H groups in total. The highest BCUT2D eigenvalue weighted by molar-refractivity contribution is 5.90. The Hall–Kier alpha value is -2.41. The van der Waals surface area contributed by atoms with Crippen LogP contribution in [0.4, 0.5) is 10.5 Å². The Balaban J connectivity index is 1.42. The molecular formula is C18H24N6O. The topological polar surface area (TPSA) is 66.3 Å². The van der Waals surface area contributed by atoms with Gasteiger partial charge in [0.1, 0.15) is 6.33 Å². The number of carbonyl (C=O) groups excluding carboxylic acids is 1. The number of amides is 2. The number of rotatable bonds is 2. The van der Waals surface area contributed by atoms with E-state index < -0.39 is 0 Å². The fourth-order valence-corrected chi connectivity index (χ4v) is 3.84. The van der Waals surface area contributed by atoms with Crippen LogP contribution in [0.3, 0.4) is 0 Å². The summed E-state index contributed by atoms with van der Waals surface area (Å²) in [6.07, 6.45) is 4.12. The van der Waals surface area contributed by atoms with Gasteiger partial charge in [-0.15, -0.1) is 0 Å². The molecule has 0 spiro atoms. The summed E-state index contributed by atoms with van der Waals surface area (Å²) in [5, 5.41) is 7.32. The fraction of sp³-hybridized carbons (Fsp3) is 0.500. The molecular weight excluding hydrogens is 316 g/mol. The van der Waals surface area contributed by atoms with Gasteiger partial charge < -0.3 is 10.2 Å². The van der Waals surface area contributed by atoms with Crippen molar-refractivity contribution in [3.05, 3.63) is 30.6 Å². The maximum atomic E-state index is 12.7. The van der Waals surface area contributed by atoms with Gasteiger partial charge in [-0.3, -0.25) is 9.58 Å². The second-order valence-electron chi connectivity index (χ2n) is 7.04. The lowest BCUT2D eigenvalue weighted by atomic mass is 10.1. The van der Waals surface area contributed by atoms with Crippen LogP contribution in [0.5, 0.6) is 0 Å². The van der Waals surface area contributed by atoms with Gasteiger partial charge in [0.05, 0.1) is 0 Å². The predicted octanol–water partition coefficient (Wildman–Crippen LogP) is 2.18. The van der Waals surface area contributed by atoms with Gasteiger partial charge in [-0.2, -0.15) is 5.10 Å². The number of nitrogens with one attached hydrogen (secondary N) is 1. The van der Waals surface area contributed by atoms with Crippen molar-refractivity contribution in [2.75, 3.05) is 25.0 Å². The molecule has 1 aromatic carbocycles. The van der Waals surface area contributed by atoms with Gasteiger partial charge >= 0.3 is 6.03 Å². The molecule has 2 amide bonds. The van der Waals surface area contributed by atoms with E-state index in [-0.39, 0.29) is 12.1 Å². The minimum atomic E-state index is -0.0113. The van der Waals surface area contributed by atoms with Gasteiger partial charge in [-0.25, -0.2) is 9.78 Å². The monoisotopic (exact) mass is 340 g/mol. The first-order valence-corrected chi connectivity index (χ1v) is 8.88. The van der Waals surface area contributed by atoms with Crippen LogP contribution in [0.2, 0.25) is 0 Å². The van der Waals surface area contributed by atoms with Crippen LogP contribution in [-0.2, 0) is 7.05 Å². The maximum absolute atomic E-state index is 12.7. The Kier molecular flexibility index (Phi) is 4.17. The molecule has 7 heteroatoms. The highest BCUT2D eigenvalue weighted by Gasteiger charge is 2.36. The third kappa shape index (κ3) is 3.24. The highest BCUT2D eigenvalue weighted by Crippen LogP contribution is 2.25. The summed E-state index contributed by atoms with van der Waals surface area (Å²) < 4.78 is 1.68. The molecule has 4 rings (SSSR count). The van der Waals surface area contributed by atoms with E-state index in [1.165, 1.54) is 19.4 Å². The summed E-state index contributed by atoms with van der Waals surface area (Å²) in [6.45, 7) is 5.10. The predicted molar refractivity (Wildman–Crippen MR) is 96.2 cm³/mol. The normalized spacial score (nSPS) is 23.5. The lowest BCUT2D eigenvalue weighted by Gasteiger charge is -2.42. The lowest BCUT2D eigenvalue weighted by molar-refractivity contribution is 0.0861. The molecule has 0 radical (unpaired) electrons. The van der Waals surface area contributed by atoms with Crippen molar-refractivity contribution in [1.29, 1.82) is 0 Å². The fourth-order valence-electron chi connectivity index (χ4n) is 3.84. The third-order valence-electron chi connectivity index (χ3n) is 5.19. The molecule has 2 aliphatic heterocycles. The van der Waals surface area contributed by atoms with E-state index in [2.05, 4.69) is 27.2 Å². The molecule has 1 aromatic heterocycles. The number of aryl methyl sites for hydroxylation is 1. The molecule has 3 heterocycles. The summed E-state index contributed by atoms with van der Waals surface area (Å²) in [6, 6.07) is 8.43. The summed E-state index contributed by atoms with van der Waals surface area (Å²) in [5.74, 6) is 0.686. The Morgan fingerprint density at radius 1 is 1.24 bits per heavy atom. The van der Waals surface area contributed by atoms with Crippen LogP contribution in [0.1, 0.15) is 19.8 Å². The SMILES string of the molecule is C[C@@H]1CN2CCC[C@@H]2CN1C(=O)Nc1ccc(-c2ncn(C)n2)cc1. The minimum absolute atomic E-state index is 0.0113. The number of hydrogen-bond donors (Lipinski definition) is 1. The van der Waals surface area contributed by atoms with Crippen molar-refractivity contribution in [3.63, 3.8) is 0 Å². The first kappa shape index (κ1) is 16.1. The van der Waals surface area contributed by atoms with E-state index >= 15 is 0 Å². The molecule has 2 atom stereocenters. The third-order valence-corrected chi connectivity index (χ3v) is 5.19. The van der Waals surface area contributed by atoms with Crippen molar-refractivity contribution >= 4 is 11.7 Å². The molecule has 0 bridgehead atoms. The number of benzene rings is 1. The number of aromatic nitrogens is 3. The molecule has 0 aliphatic carbocycles. The number of fused-ring (bicyclic) bond motifs is 1. The summed E-state index contributed by atoms with van der Waals surface area (Å²) in [4.78, 5) is 21.4. The van der Waals surface area contributed by atoms with Crippen LogP contribution in [0.25, 0.3) is 11.4 Å². The van der Waals surface area contributed by atoms with E-state index in [0.29, 0.717) is 11.9 Å². The smallest absolute Gasteiger partial charge is 0.319 e. The molecule has 0 unspecified atom stereocenters. The molecule has 2 saturated heterocycles. The Labute approximate surface area is 147 Å². The van der Waals surface area contributed by atoms with E-state index in [9.17, 15) is 4.79 Å². The second kappa shape index (κ2) is 6.48. The highest BCUT2D eigenvalue weighted by atomic mass is 16.2. The molecule has 2 aliphatic rings. The Bertz CT molecular complexity index is 755. The van der Waals surface area contributed by atoms with Crippen molar-refractivity contribution < 1.29 is 4.79 Å². The lowest BCUT2D eigenvalue weighted by Crippen LogP contribution is -2.57. The van der Waals surface area contributed by atoms with Gasteiger partial charge in [0.15, 0.2) is 5.82 Å². The number of nitrogens with zero attached hydrogens (tertiary/aromatic N) is 5. The molecule has 0 saturated carbocycles. The molecule has 2 aromatic rings. The minimum Gasteiger partial charge on any atom is -0.319 e. The number of anilines is 1.